The third-order valence-electron chi connectivity index (χ3n) is 2.23. The highest BCUT2D eigenvalue weighted by Crippen LogP contribution is 2.21. The van der Waals surface area contributed by atoms with Gasteiger partial charge in [-0.15, -0.1) is 0 Å². The lowest BCUT2D eigenvalue weighted by Crippen LogP contribution is -2.11. The van der Waals surface area contributed by atoms with E-state index < -0.39 is 23.2 Å². The number of carbonyl (C=O) groups excluding carboxylic acids is 1. The number of hydrogen-bond donors (Lipinski definition) is 1. The first-order valence-corrected chi connectivity index (χ1v) is 4.91. The Hall–Kier alpha value is -1.75. The van der Waals surface area contributed by atoms with Gasteiger partial charge in [-0.05, 0) is 24.8 Å². The first kappa shape index (κ1) is 13.3. The van der Waals surface area contributed by atoms with E-state index in [1.54, 1.807) is 7.05 Å². The summed E-state index contributed by atoms with van der Waals surface area (Å²) in [5.74, 6) is -2.44. The number of carbonyl (C=O) groups is 1. The molecule has 0 aliphatic rings. The number of hydrogen-bond acceptors (Lipinski definition) is 3. The standard InChI is InChI=1S/C12H13F2NO2/c1-7(6-15-2)8-4-11(14)9(5-10(8)13)12(16)17-3/h4-5,15H,1,6H2,2-3H3. The Morgan fingerprint density at radius 3 is 2.41 bits per heavy atom. The summed E-state index contributed by atoms with van der Waals surface area (Å²) in [4.78, 5) is 11.1. The maximum Gasteiger partial charge on any atom is 0.340 e. The normalized spacial score (nSPS) is 10.1. The van der Waals surface area contributed by atoms with Gasteiger partial charge in [-0.1, -0.05) is 6.58 Å². The van der Waals surface area contributed by atoms with Crippen LogP contribution in [0.25, 0.3) is 5.57 Å². The van der Waals surface area contributed by atoms with Crippen molar-refractivity contribution in [1.82, 2.24) is 5.32 Å². The van der Waals surface area contributed by atoms with Crippen molar-refractivity contribution in [2.45, 2.75) is 0 Å². The van der Waals surface area contributed by atoms with Crippen molar-refractivity contribution in [1.29, 1.82) is 0 Å². The number of ether oxygens (including phenoxy) is 1. The van der Waals surface area contributed by atoms with Gasteiger partial charge in [0, 0.05) is 12.1 Å². The van der Waals surface area contributed by atoms with Gasteiger partial charge >= 0.3 is 5.97 Å². The van der Waals surface area contributed by atoms with Gasteiger partial charge in [0.25, 0.3) is 0 Å². The van der Waals surface area contributed by atoms with Gasteiger partial charge in [-0.2, -0.15) is 0 Å². The molecule has 17 heavy (non-hydrogen) atoms. The predicted molar refractivity (Wildman–Crippen MR) is 60.7 cm³/mol. The summed E-state index contributed by atoms with van der Waals surface area (Å²) in [5.41, 5.74) is 0.0239. The molecule has 0 saturated heterocycles. The Morgan fingerprint density at radius 2 is 1.88 bits per heavy atom. The molecular formula is C12H13F2NO2. The molecule has 1 N–H and O–H groups in total. The third kappa shape index (κ3) is 2.88. The minimum absolute atomic E-state index is 0.0458. The zero-order valence-electron chi connectivity index (χ0n) is 9.64. The number of likely N-dealkylation sites (N-methyl/N-ethyl adjacent to an activating group) is 1. The van der Waals surface area contributed by atoms with Gasteiger partial charge in [0.2, 0.25) is 0 Å². The van der Waals surface area contributed by atoms with Gasteiger partial charge in [0.1, 0.15) is 11.6 Å². The molecule has 0 spiro atoms. The summed E-state index contributed by atoms with van der Waals surface area (Å²) in [6, 6.07) is 1.76. The Morgan fingerprint density at radius 1 is 1.35 bits per heavy atom. The monoisotopic (exact) mass is 241 g/mol. The van der Waals surface area contributed by atoms with E-state index in [0.29, 0.717) is 12.1 Å². The molecule has 1 rings (SSSR count). The van der Waals surface area contributed by atoms with Crippen LogP contribution in [0.5, 0.6) is 0 Å². The van der Waals surface area contributed by atoms with Crippen molar-refractivity contribution in [2.24, 2.45) is 0 Å². The SMILES string of the molecule is C=C(CNC)c1cc(F)c(C(=O)OC)cc1F. The summed E-state index contributed by atoms with van der Waals surface area (Å²) < 4.78 is 31.5. The van der Waals surface area contributed by atoms with Crippen LogP contribution in [0.15, 0.2) is 18.7 Å². The lowest BCUT2D eigenvalue weighted by Gasteiger charge is -2.09. The zero-order chi connectivity index (χ0) is 13.0. The average Bonchev–Trinajstić information content (AvgIpc) is 2.30. The van der Waals surface area contributed by atoms with Crippen LogP contribution in [-0.4, -0.2) is 26.7 Å². The molecule has 0 atom stereocenters. The van der Waals surface area contributed by atoms with E-state index in [0.717, 1.165) is 19.2 Å². The summed E-state index contributed by atoms with van der Waals surface area (Å²) in [6.07, 6.45) is 0. The highest BCUT2D eigenvalue weighted by Gasteiger charge is 2.17. The van der Waals surface area contributed by atoms with Crippen molar-refractivity contribution in [3.8, 4) is 0 Å². The molecule has 0 fully saturated rings. The fraction of sp³-hybridized carbons (Fsp3) is 0.250. The van der Waals surface area contributed by atoms with Crippen LogP contribution < -0.4 is 5.32 Å². The van der Waals surface area contributed by atoms with E-state index in [-0.39, 0.29) is 5.56 Å². The summed E-state index contributed by atoms with van der Waals surface area (Å²) in [5, 5.41) is 2.78. The van der Waals surface area contributed by atoms with Crippen LogP contribution in [0.1, 0.15) is 15.9 Å². The van der Waals surface area contributed by atoms with Crippen molar-refractivity contribution >= 4 is 11.5 Å². The average molecular weight is 241 g/mol. The van der Waals surface area contributed by atoms with E-state index in [4.69, 9.17) is 0 Å². The number of halogens is 2. The number of rotatable bonds is 4. The van der Waals surface area contributed by atoms with Crippen molar-refractivity contribution in [2.75, 3.05) is 20.7 Å². The number of nitrogens with one attached hydrogen (secondary N) is 1. The highest BCUT2D eigenvalue weighted by molar-refractivity contribution is 5.90. The number of benzene rings is 1. The van der Waals surface area contributed by atoms with E-state index >= 15 is 0 Å². The van der Waals surface area contributed by atoms with Gasteiger partial charge in [-0.25, -0.2) is 13.6 Å². The molecular weight excluding hydrogens is 228 g/mol. The van der Waals surface area contributed by atoms with Crippen LogP contribution >= 0.6 is 0 Å². The third-order valence-corrected chi connectivity index (χ3v) is 2.23. The first-order chi connectivity index (χ1) is 8.01. The van der Waals surface area contributed by atoms with Gasteiger partial charge < -0.3 is 10.1 Å². The lowest BCUT2D eigenvalue weighted by atomic mass is 10.0. The fourth-order valence-corrected chi connectivity index (χ4v) is 1.39. The highest BCUT2D eigenvalue weighted by atomic mass is 19.1. The van der Waals surface area contributed by atoms with Crippen LogP contribution in [0.3, 0.4) is 0 Å². The second-order valence-corrected chi connectivity index (χ2v) is 3.44. The van der Waals surface area contributed by atoms with E-state index in [1.807, 2.05) is 0 Å². The molecule has 1 aromatic rings. The lowest BCUT2D eigenvalue weighted by molar-refractivity contribution is 0.0595. The molecule has 1 aromatic carbocycles. The van der Waals surface area contributed by atoms with E-state index in [2.05, 4.69) is 16.6 Å². The van der Waals surface area contributed by atoms with Crippen molar-refractivity contribution < 1.29 is 18.3 Å². The molecule has 0 radical (unpaired) electrons. The van der Waals surface area contributed by atoms with E-state index in [1.165, 1.54) is 0 Å². The van der Waals surface area contributed by atoms with Crippen LogP contribution in [0.2, 0.25) is 0 Å². The van der Waals surface area contributed by atoms with Gasteiger partial charge in [0.05, 0.1) is 12.7 Å². The Bertz CT molecular complexity index is 458. The molecule has 0 amide bonds. The second-order valence-electron chi connectivity index (χ2n) is 3.44. The Balaban J connectivity index is 3.18. The summed E-state index contributed by atoms with van der Waals surface area (Å²) in [6.45, 7) is 3.95. The molecule has 0 unspecified atom stereocenters. The first-order valence-electron chi connectivity index (χ1n) is 4.91. The molecule has 5 heteroatoms. The minimum Gasteiger partial charge on any atom is -0.465 e. The van der Waals surface area contributed by atoms with Crippen molar-refractivity contribution in [3.63, 3.8) is 0 Å². The van der Waals surface area contributed by atoms with Gasteiger partial charge in [-0.3, -0.25) is 0 Å². The van der Waals surface area contributed by atoms with Crippen LogP contribution in [0, 0.1) is 11.6 Å². The zero-order valence-corrected chi connectivity index (χ0v) is 9.64. The predicted octanol–water partition coefficient (Wildman–Crippen LogP) is 1.98. The molecule has 92 valence electrons. The maximum absolute atomic E-state index is 13.6. The molecule has 0 aliphatic heterocycles. The minimum atomic E-state index is -0.910. The summed E-state index contributed by atoms with van der Waals surface area (Å²) in [7, 11) is 2.77. The van der Waals surface area contributed by atoms with Crippen LogP contribution in [0.4, 0.5) is 8.78 Å². The fourth-order valence-electron chi connectivity index (χ4n) is 1.39. The molecule has 0 heterocycles. The molecule has 0 bridgehead atoms. The molecule has 3 nitrogen and oxygen atoms in total. The quantitative estimate of drug-likeness (QED) is 0.819. The molecule has 0 aromatic heterocycles. The molecule has 0 aliphatic carbocycles. The smallest absolute Gasteiger partial charge is 0.340 e. The largest absolute Gasteiger partial charge is 0.465 e. The van der Waals surface area contributed by atoms with Crippen LogP contribution in [-0.2, 0) is 4.74 Å². The second kappa shape index (κ2) is 5.54. The van der Waals surface area contributed by atoms with E-state index in [9.17, 15) is 13.6 Å². The topological polar surface area (TPSA) is 38.3 Å². The Labute approximate surface area is 98.1 Å². The maximum atomic E-state index is 13.6. The number of esters is 1. The Kier molecular flexibility index (Phi) is 4.34. The van der Waals surface area contributed by atoms with Crippen molar-refractivity contribution in [3.05, 3.63) is 41.5 Å². The molecule has 0 saturated carbocycles. The number of methoxy groups -OCH3 is 1. The van der Waals surface area contributed by atoms with Gasteiger partial charge in [0.15, 0.2) is 0 Å². The summed E-state index contributed by atoms with van der Waals surface area (Å²) >= 11 is 0.